The van der Waals surface area contributed by atoms with E-state index in [1.165, 1.54) is 0 Å². The fourth-order valence-corrected chi connectivity index (χ4v) is 1.41. The van der Waals surface area contributed by atoms with Gasteiger partial charge in [0.15, 0.2) is 0 Å². The van der Waals surface area contributed by atoms with Crippen LogP contribution in [0.5, 0.6) is 0 Å². The van der Waals surface area contributed by atoms with E-state index in [2.05, 4.69) is 12.6 Å². The highest BCUT2D eigenvalue weighted by atomic mass is 16.4. The molecule has 90 valence electrons. The van der Waals surface area contributed by atoms with Crippen LogP contribution >= 0.6 is 0 Å². The minimum absolute atomic E-state index is 0.0268. The highest BCUT2D eigenvalue weighted by Crippen LogP contribution is 2.20. The SMILES string of the molecule is C=CCN(CCCC(C)(C)C#N)CC(=O)O. The maximum Gasteiger partial charge on any atom is 0.317 e. The third kappa shape index (κ3) is 7.02. The molecule has 0 fully saturated rings. The molecule has 0 rings (SSSR count). The number of hydrogen-bond acceptors (Lipinski definition) is 3. The minimum Gasteiger partial charge on any atom is -0.480 e. The highest BCUT2D eigenvalue weighted by Gasteiger charge is 2.17. The number of nitrogens with zero attached hydrogens (tertiary/aromatic N) is 2. The van der Waals surface area contributed by atoms with Crippen LogP contribution in [-0.2, 0) is 4.79 Å². The zero-order chi connectivity index (χ0) is 12.6. The number of rotatable bonds is 8. The second-order valence-corrected chi connectivity index (χ2v) is 4.52. The van der Waals surface area contributed by atoms with Crippen LogP contribution in [-0.4, -0.2) is 35.6 Å². The Morgan fingerprint density at radius 3 is 2.69 bits per heavy atom. The molecule has 0 aromatic heterocycles. The molecular formula is C12H20N2O2. The molecule has 0 aromatic carbocycles. The van der Waals surface area contributed by atoms with Crippen molar-refractivity contribution in [2.45, 2.75) is 26.7 Å². The molecule has 0 aliphatic carbocycles. The molecule has 1 N–H and O–H groups in total. The summed E-state index contributed by atoms with van der Waals surface area (Å²) in [6, 6.07) is 2.23. The summed E-state index contributed by atoms with van der Waals surface area (Å²) in [7, 11) is 0. The Bertz CT molecular complexity index is 279. The Hall–Kier alpha value is -1.34. The molecule has 4 nitrogen and oxygen atoms in total. The van der Waals surface area contributed by atoms with Crippen LogP contribution in [0.4, 0.5) is 0 Å². The summed E-state index contributed by atoms with van der Waals surface area (Å²) in [6.07, 6.45) is 3.29. The maximum atomic E-state index is 10.6. The average molecular weight is 224 g/mol. The number of hydrogen-bond donors (Lipinski definition) is 1. The Morgan fingerprint density at radius 2 is 2.25 bits per heavy atom. The number of carboxylic acid groups (broad SMARTS) is 1. The Morgan fingerprint density at radius 1 is 1.62 bits per heavy atom. The summed E-state index contributed by atoms with van der Waals surface area (Å²) in [5.41, 5.74) is -0.330. The third-order valence-corrected chi connectivity index (χ3v) is 2.32. The summed E-state index contributed by atoms with van der Waals surface area (Å²) >= 11 is 0. The van der Waals surface area contributed by atoms with Crippen molar-refractivity contribution < 1.29 is 9.90 Å². The van der Waals surface area contributed by atoms with Crippen LogP contribution in [0.25, 0.3) is 0 Å². The largest absolute Gasteiger partial charge is 0.480 e. The van der Waals surface area contributed by atoms with E-state index in [1.54, 1.807) is 6.08 Å². The van der Waals surface area contributed by atoms with Crippen LogP contribution in [0.2, 0.25) is 0 Å². The second-order valence-electron chi connectivity index (χ2n) is 4.52. The van der Waals surface area contributed by atoms with Crippen LogP contribution in [0, 0.1) is 16.7 Å². The van der Waals surface area contributed by atoms with Crippen molar-refractivity contribution in [1.82, 2.24) is 4.90 Å². The predicted octanol–water partition coefficient (Wildman–Crippen LogP) is 1.89. The third-order valence-electron chi connectivity index (χ3n) is 2.32. The fourth-order valence-electron chi connectivity index (χ4n) is 1.41. The van der Waals surface area contributed by atoms with Crippen LogP contribution in [0.15, 0.2) is 12.7 Å². The van der Waals surface area contributed by atoms with E-state index in [0.29, 0.717) is 13.1 Å². The smallest absolute Gasteiger partial charge is 0.317 e. The van der Waals surface area contributed by atoms with E-state index in [4.69, 9.17) is 10.4 Å². The van der Waals surface area contributed by atoms with Gasteiger partial charge in [-0.3, -0.25) is 9.69 Å². The molecule has 0 radical (unpaired) electrons. The van der Waals surface area contributed by atoms with Gasteiger partial charge in [-0.2, -0.15) is 5.26 Å². The van der Waals surface area contributed by atoms with Crippen molar-refractivity contribution in [2.24, 2.45) is 5.41 Å². The van der Waals surface area contributed by atoms with Gasteiger partial charge in [0.2, 0.25) is 0 Å². The van der Waals surface area contributed by atoms with Crippen molar-refractivity contribution in [3.05, 3.63) is 12.7 Å². The molecule has 4 heteroatoms. The first-order chi connectivity index (χ1) is 7.41. The maximum absolute atomic E-state index is 10.6. The number of carbonyl (C=O) groups is 1. The lowest BCUT2D eigenvalue weighted by molar-refractivity contribution is -0.138. The summed E-state index contributed by atoms with van der Waals surface area (Å²) in [4.78, 5) is 12.4. The van der Waals surface area contributed by atoms with Crippen LogP contribution in [0.1, 0.15) is 26.7 Å². The van der Waals surface area contributed by atoms with Crippen LogP contribution < -0.4 is 0 Å². The molecule has 0 atom stereocenters. The predicted molar refractivity (Wildman–Crippen MR) is 62.9 cm³/mol. The summed E-state index contributed by atoms with van der Waals surface area (Å²) in [5.74, 6) is -0.832. The van der Waals surface area contributed by atoms with Gasteiger partial charge in [-0.1, -0.05) is 6.08 Å². The molecule has 0 bridgehead atoms. The van der Waals surface area contributed by atoms with E-state index in [9.17, 15) is 4.79 Å². The summed E-state index contributed by atoms with van der Waals surface area (Å²) in [6.45, 7) is 8.66. The van der Waals surface area contributed by atoms with Gasteiger partial charge in [0.05, 0.1) is 18.0 Å². The van der Waals surface area contributed by atoms with Gasteiger partial charge >= 0.3 is 5.97 Å². The zero-order valence-corrected chi connectivity index (χ0v) is 10.1. The average Bonchev–Trinajstić information content (AvgIpc) is 2.17. The molecule has 0 heterocycles. The summed E-state index contributed by atoms with van der Waals surface area (Å²) < 4.78 is 0. The van der Waals surface area contributed by atoms with E-state index < -0.39 is 5.97 Å². The Kier molecular flexibility index (Phi) is 6.43. The quantitative estimate of drug-likeness (QED) is 0.639. The normalized spacial score (nSPS) is 11.1. The lowest BCUT2D eigenvalue weighted by atomic mass is 9.90. The molecule has 16 heavy (non-hydrogen) atoms. The van der Waals surface area contributed by atoms with E-state index in [0.717, 1.165) is 12.8 Å². The van der Waals surface area contributed by atoms with Crippen molar-refractivity contribution in [2.75, 3.05) is 19.6 Å². The minimum atomic E-state index is -0.832. The van der Waals surface area contributed by atoms with Crippen molar-refractivity contribution in [3.63, 3.8) is 0 Å². The molecular weight excluding hydrogens is 204 g/mol. The highest BCUT2D eigenvalue weighted by molar-refractivity contribution is 5.69. The topological polar surface area (TPSA) is 64.3 Å². The van der Waals surface area contributed by atoms with Gasteiger partial charge in [-0.05, 0) is 33.2 Å². The number of nitriles is 1. The number of aliphatic carboxylic acids is 1. The molecule has 0 saturated heterocycles. The molecule has 0 spiro atoms. The Balaban J connectivity index is 3.98. The van der Waals surface area contributed by atoms with E-state index >= 15 is 0 Å². The van der Waals surface area contributed by atoms with Gasteiger partial charge in [-0.15, -0.1) is 6.58 Å². The molecule has 0 aliphatic rings. The fraction of sp³-hybridized carbons (Fsp3) is 0.667. The molecule has 0 saturated carbocycles. The first kappa shape index (κ1) is 14.7. The lowest BCUT2D eigenvalue weighted by Crippen LogP contribution is -2.31. The van der Waals surface area contributed by atoms with Crippen molar-refractivity contribution in [3.8, 4) is 6.07 Å². The standard InChI is InChI=1S/C12H20N2O2/c1-4-7-14(9-11(15)16)8-5-6-12(2,3)10-13/h4H,1,5-9H2,2-3H3,(H,15,16). The first-order valence-corrected chi connectivity index (χ1v) is 5.37. The van der Waals surface area contributed by atoms with Gasteiger partial charge in [0, 0.05) is 6.54 Å². The van der Waals surface area contributed by atoms with Crippen LogP contribution in [0.3, 0.4) is 0 Å². The van der Waals surface area contributed by atoms with Crippen molar-refractivity contribution >= 4 is 5.97 Å². The zero-order valence-electron chi connectivity index (χ0n) is 10.1. The molecule has 0 aromatic rings. The Labute approximate surface area is 97.2 Å². The van der Waals surface area contributed by atoms with Gasteiger partial charge < -0.3 is 5.11 Å². The molecule has 0 unspecified atom stereocenters. The van der Waals surface area contributed by atoms with Gasteiger partial charge in [-0.25, -0.2) is 0 Å². The number of carboxylic acids is 1. The van der Waals surface area contributed by atoms with Crippen molar-refractivity contribution in [1.29, 1.82) is 5.26 Å². The monoisotopic (exact) mass is 224 g/mol. The van der Waals surface area contributed by atoms with Gasteiger partial charge in [0.1, 0.15) is 0 Å². The van der Waals surface area contributed by atoms with Gasteiger partial charge in [0.25, 0.3) is 0 Å². The lowest BCUT2D eigenvalue weighted by Gasteiger charge is -2.20. The second kappa shape index (κ2) is 7.02. The molecule has 0 aliphatic heterocycles. The van der Waals surface area contributed by atoms with E-state index in [-0.39, 0.29) is 12.0 Å². The molecule has 0 amide bonds. The summed E-state index contributed by atoms with van der Waals surface area (Å²) in [5, 5.41) is 17.5. The first-order valence-electron chi connectivity index (χ1n) is 5.37. The van der Waals surface area contributed by atoms with E-state index in [1.807, 2.05) is 18.7 Å².